The Morgan fingerprint density at radius 1 is 1.29 bits per heavy atom. The van der Waals surface area contributed by atoms with Crippen molar-refractivity contribution in [2.75, 3.05) is 18.7 Å². The van der Waals surface area contributed by atoms with E-state index >= 15 is 0 Å². The molecule has 156 valence electrons. The molecule has 1 aromatic rings. The molecule has 4 atom stereocenters. The quantitative estimate of drug-likeness (QED) is 0.423. The molecule has 1 saturated heterocycles. The minimum Gasteiger partial charge on any atom is -0.394 e. The van der Waals surface area contributed by atoms with Crippen LogP contribution in [0.4, 0.5) is 5.82 Å². The molecule has 11 nitrogen and oxygen atoms in total. The van der Waals surface area contributed by atoms with E-state index in [0.717, 1.165) is 30.3 Å². The van der Waals surface area contributed by atoms with Crippen LogP contribution >= 0.6 is 0 Å². The normalized spacial score (nSPS) is 28.2. The molecule has 2 aliphatic rings. The molecule has 1 saturated carbocycles. The number of hydrogen-bond donors (Lipinski definition) is 4. The third-order valence-corrected chi connectivity index (χ3v) is 4.88. The highest BCUT2D eigenvalue weighted by Gasteiger charge is 2.43. The molecule has 0 spiro atoms. The largest absolute Gasteiger partial charge is 0.394 e. The van der Waals surface area contributed by atoms with Crippen LogP contribution in [0.3, 0.4) is 0 Å². The third-order valence-electron chi connectivity index (χ3n) is 4.88. The summed E-state index contributed by atoms with van der Waals surface area (Å²) in [5.74, 6) is -0.654. The van der Waals surface area contributed by atoms with Crippen LogP contribution in [0.25, 0.3) is 0 Å². The summed E-state index contributed by atoms with van der Waals surface area (Å²) in [4.78, 5) is 32.4. The number of carbonyl (C=O) groups is 1. The van der Waals surface area contributed by atoms with E-state index in [9.17, 15) is 19.8 Å². The number of aliphatic hydroxyl groups is 3. The lowest BCUT2D eigenvalue weighted by molar-refractivity contribution is -0.148. The third kappa shape index (κ3) is 4.86. The monoisotopic (exact) mass is 399 g/mol. The Morgan fingerprint density at radius 3 is 2.68 bits per heavy atom. The maximum absolute atomic E-state index is 12.2. The van der Waals surface area contributed by atoms with Crippen molar-refractivity contribution in [2.45, 2.75) is 62.7 Å². The fourth-order valence-electron chi connectivity index (χ4n) is 3.33. The number of rotatable bonds is 7. The standard InChI is InChI=1S/C17H25N3O8/c21-8-11-14(23)15(24)16(27-11)20-7-6-12(18-17(20)25)19-28-13(22)9-26-10-4-2-1-3-5-10/h6-7,10-11,14-16,21,23-24H,1-5,8-9H2,(H,18,19,25)/t11-,14-,15-,16-/m1/s1. The van der Waals surface area contributed by atoms with Crippen LogP contribution in [-0.4, -0.2) is 68.5 Å². The van der Waals surface area contributed by atoms with E-state index in [2.05, 4.69) is 10.5 Å². The van der Waals surface area contributed by atoms with E-state index in [-0.39, 0.29) is 18.5 Å². The number of aromatic nitrogens is 2. The fraction of sp³-hybridized carbons (Fsp3) is 0.706. The summed E-state index contributed by atoms with van der Waals surface area (Å²) in [6, 6.07) is 1.34. The van der Waals surface area contributed by atoms with E-state index < -0.39 is 42.8 Å². The topological polar surface area (TPSA) is 152 Å². The summed E-state index contributed by atoms with van der Waals surface area (Å²) in [5, 5.41) is 28.9. The molecule has 0 amide bonds. The average molecular weight is 399 g/mol. The Bertz CT molecular complexity index is 721. The van der Waals surface area contributed by atoms with Crippen LogP contribution in [0.15, 0.2) is 17.1 Å². The highest BCUT2D eigenvalue weighted by atomic mass is 16.7. The van der Waals surface area contributed by atoms with Crippen molar-refractivity contribution in [3.05, 3.63) is 22.7 Å². The molecular weight excluding hydrogens is 374 g/mol. The van der Waals surface area contributed by atoms with E-state index in [1.807, 2.05) is 0 Å². The molecule has 11 heteroatoms. The molecule has 4 N–H and O–H groups in total. The highest BCUT2D eigenvalue weighted by Crippen LogP contribution is 2.28. The second-order valence-electron chi connectivity index (χ2n) is 6.88. The number of anilines is 1. The van der Waals surface area contributed by atoms with Gasteiger partial charge in [0.15, 0.2) is 12.0 Å². The van der Waals surface area contributed by atoms with Crippen LogP contribution in [0.1, 0.15) is 38.3 Å². The Labute approximate surface area is 160 Å². The van der Waals surface area contributed by atoms with Crippen molar-refractivity contribution >= 4 is 11.8 Å². The first kappa shape index (κ1) is 20.7. The maximum Gasteiger partial charge on any atom is 0.357 e. The number of nitrogens with one attached hydrogen (secondary N) is 1. The van der Waals surface area contributed by atoms with Gasteiger partial charge < -0.3 is 29.6 Å². The molecule has 2 fully saturated rings. The minimum absolute atomic E-state index is 0.0148. The molecule has 0 aromatic carbocycles. The number of nitrogens with zero attached hydrogens (tertiary/aromatic N) is 2. The lowest BCUT2D eigenvalue weighted by Gasteiger charge is -2.21. The first-order valence-electron chi connectivity index (χ1n) is 9.28. The highest BCUT2D eigenvalue weighted by molar-refractivity contribution is 5.71. The van der Waals surface area contributed by atoms with Gasteiger partial charge in [-0.25, -0.2) is 15.1 Å². The molecule has 1 aliphatic carbocycles. The Balaban J connectivity index is 1.51. The second-order valence-corrected chi connectivity index (χ2v) is 6.88. The summed E-state index contributed by atoms with van der Waals surface area (Å²) in [7, 11) is 0. The summed E-state index contributed by atoms with van der Waals surface area (Å²) >= 11 is 0. The minimum atomic E-state index is -1.40. The van der Waals surface area contributed by atoms with E-state index in [1.165, 1.54) is 18.7 Å². The first-order chi connectivity index (χ1) is 13.5. The van der Waals surface area contributed by atoms with Crippen molar-refractivity contribution in [1.29, 1.82) is 0 Å². The van der Waals surface area contributed by atoms with Gasteiger partial charge >= 0.3 is 11.7 Å². The van der Waals surface area contributed by atoms with Crippen LogP contribution < -0.4 is 11.2 Å². The van der Waals surface area contributed by atoms with Gasteiger partial charge in [0, 0.05) is 12.3 Å². The average Bonchev–Trinajstić information content (AvgIpc) is 3.00. The molecule has 1 aliphatic heterocycles. The Hall–Kier alpha value is -2.05. The SMILES string of the molecule is O=C(COC1CCCCC1)ONc1ccn([C@@H]2O[C@H](CO)[C@@H](O)[C@H]2O)c(=O)n1. The van der Waals surface area contributed by atoms with Gasteiger partial charge in [-0.05, 0) is 12.8 Å². The Kier molecular flexibility index (Phi) is 6.97. The summed E-state index contributed by atoms with van der Waals surface area (Å²) in [6.07, 6.45) is 1.65. The first-order valence-corrected chi connectivity index (χ1v) is 9.28. The van der Waals surface area contributed by atoms with Gasteiger partial charge in [-0.1, -0.05) is 19.3 Å². The number of aliphatic hydroxyl groups excluding tert-OH is 3. The molecule has 3 rings (SSSR count). The molecule has 0 unspecified atom stereocenters. The van der Waals surface area contributed by atoms with Gasteiger partial charge in [0.05, 0.1) is 12.7 Å². The zero-order valence-electron chi connectivity index (χ0n) is 15.3. The van der Waals surface area contributed by atoms with Gasteiger partial charge in [0.2, 0.25) is 0 Å². The van der Waals surface area contributed by atoms with Gasteiger partial charge in [-0.3, -0.25) is 4.57 Å². The number of hydrogen-bond acceptors (Lipinski definition) is 10. The number of ether oxygens (including phenoxy) is 2. The van der Waals surface area contributed by atoms with Crippen LogP contribution in [-0.2, 0) is 19.1 Å². The van der Waals surface area contributed by atoms with Crippen LogP contribution in [0.5, 0.6) is 0 Å². The molecule has 0 radical (unpaired) electrons. The lowest BCUT2D eigenvalue weighted by Crippen LogP contribution is -2.36. The van der Waals surface area contributed by atoms with Crippen molar-refractivity contribution < 1.29 is 34.4 Å². The molecular formula is C17H25N3O8. The van der Waals surface area contributed by atoms with Gasteiger partial charge in [0.1, 0.15) is 24.9 Å². The van der Waals surface area contributed by atoms with Crippen molar-refractivity contribution in [2.24, 2.45) is 0 Å². The van der Waals surface area contributed by atoms with Crippen LogP contribution in [0, 0.1) is 0 Å². The van der Waals surface area contributed by atoms with Gasteiger partial charge in [-0.2, -0.15) is 4.98 Å². The van der Waals surface area contributed by atoms with E-state index in [4.69, 9.17) is 19.4 Å². The fourth-order valence-corrected chi connectivity index (χ4v) is 3.33. The van der Waals surface area contributed by atoms with Crippen molar-refractivity contribution in [1.82, 2.24) is 9.55 Å². The smallest absolute Gasteiger partial charge is 0.357 e. The van der Waals surface area contributed by atoms with Gasteiger partial charge in [-0.15, -0.1) is 0 Å². The molecule has 28 heavy (non-hydrogen) atoms. The second kappa shape index (κ2) is 9.43. The molecule has 0 bridgehead atoms. The summed E-state index contributed by atoms with van der Waals surface area (Å²) < 4.78 is 11.8. The van der Waals surface area contributed by atoms with Crippen molar-refractivity contribution in [3.63, 3.8) is 0 Å². The van der Waals surface area contributed by atoms with Gasteiger partial charge in [0.25, 0.3) is 0 Å². The predicted octanol–water partition coefficient (Wildman–Crippen LogP) is -0.926. The lowest BCUT2D eigenvalue weighted by atomic mass is 9.98. The van der Waals surface area contributed by atoms with Crippen LogP contribution in [0.2, 0.25) is 0 Å². The molecule has 2 heterocycles. The number of carbonyl (C=O) groups excluding carboxylic acids is 1. The summed E-state index contributed by atoms with van der Waals surface area (Å²) in [5.41, 5.74) is 1.49. The predicted molar refractivity (Wildman–Crippen MR) is 94.0 cm³/mol. The van der Waals surface area contributed by atoms with E-state index in [1.54, 1.807) is 0 Å². The zero-order chi connectivity index (χ0) is 20.1. The molecule has 1 aromatic heterocycles. The Morgan fingerprint density at radius 2 is 2.04 bits per heavy atom. The maximum atomic E-state index is 12.2. The zero-order valence-corrected chi connectivity index (χ0v) is 15.3. The van der Waals surface area contributed by atoms with E-state index in [0.29, 0.717) is 0 Å². The summed E-state index contributed by atoms with van der Waals surface area (Å²) in [6.45, 7) is -0.702. The van der Waals surface area contributed by atoms with Crippen molar-refractivity contribution in [3.8, 4) is 0 Å².